The van der Waals surface area contributed by atoms with Crippen LogP contribution in [-0.2, 0) is 6.54 Å². The summed E-state index contributed by atoms with van der Waals surface area (Å²) in [6.07, 6.45) is 1.53. The molecule has 90 valence electrons. The minimum absolute atomic E-state index is 0.211. The number of hydrogen-bond donors (Lipinski definition) is 1. The van der Waals surface area contributed by atoms with Crippen LogP contribution in [0.1, 0.15) is 11.1 Å². The van der Waals surface area contributed by atoms with Crippen LogP contribution in [0.2, 0.25) is 0 Å². The summed E-state index contributed by atoms with van der Waals surface area (Å²) in [5.74, 6) is -0.194. The molecule has 18 heavy (non-hydrogen) atoms. The fourth-order valence-electron chi connectivity index (χ4n) is 1.43. The number of rotatable bonds is 3. The Morgan fingerprint density at radius 3 is 2.67 bits per heavy atom. The molecule has 1 aromatic heterocycles. The minimum Gasteiger partial charge on any atom is -0.364 e. The molecule has 0 saturated carbocycles. The second-order valence-electron chi connectivity index (χ2n) is 3.65. The molecule has 1 heterocycles. The van der Waals surface area contributed by atoms with Crippen LogP contribution in [-0.4, -0.2) is 4.98 Å². The van der Waals surface area contributed by atoms with Crippen LogP contribution in [0.4, 0.5) is 10.2 Å². The largest absolute Gasteiger partial charge is 0.364 e. The van der Waals surface area contributed by atoms with Crippen LogP contribution in [0.15, 0.2) is 41.0 Å². The third-order valence-electron chi connectivity index (χ3n) is 2.35. The van der Waals surface area contributed by atoms with Crippen molar-refractivity contribution in [3.63, 3.8) is 0 Å². The summed E-state index contributed by atoms with van der Waals surface area (Å²) in [5.41, 5.74) is 1.56. The molecular weight excluding hydrogens is 297 g/mol. The molecule has 1 aromatic carbocycles. The van der Waals surface area contributed by atoms with Crippen LogP contribution in [0.3, 0.4) is 0 Å². The second kappa shape index (κ2) is 5.61. The highest BCUT2D eigenvalue weighted by atomic mass is 79.9. The van der Waals surface area contributed by atoms with E-state index in [0.29, 0.717) is 16.6 Å². The lowest BCUT2D eigenvalue weighted by molar-refractivity contribution is 0.623. The Labute approximate surface area is 112 Å². The third-order valence-corrected chi connectivity index (χ3v) is 2.78. The maximum atomic E-state index is 13.5. The zero-order valence-corrected chi connectivity index (χ0v) is 10.9. The zero-order valence-electron chi connectivity index (χ0n) is 9.32. The van der Waals surface area contributed by atoms with Crippen LogP contribution >= 0.6 is 15.9 Å². The van der Waals surface area contributed by atoms with Gasteiger partial charge in [0, 0.05) is 17.2 Å². The van der Waals surface area contributed by atoms with E-state index in [0.717, 1.165) is 5.56 Å². The highest BCUT2D eigenvalue weighted by molar-refractivity contribution is 9.10. The van der Waals surface area contributed by atoms with Gasteiger partial charge in [-0.2, -0.15) is 5.26 Å². The van der Waals surface area contributed by atoms with Gasteiger partial charge in [-0.25, -0.2) is 9.37 Å². The Morgan fingerprint density at radius 2 is 2.06 bits per heavy atom. The summed E-state index contributed by atoms with van der Waals surface area (Å²) < 4.78 is 14.1. The van der Waals surface area contributed by atoms with Gasteiger partial charge >= 0.3 is 0 Å². The van der Waals surface area contributed by atoms with Gasteiger partial charge in [-0.15, -0.1) is 0 Å². The lowest BCUT2D eigenvalue weighted by Crippen LogP contribution is -2.03. The predicted octanol–water partition coefficient (Wildman–Crippen LogP) is 3.47. The van der Waals surface area contributed by atoms with Crippen molar-refractivity contribution >= 4 is 21.7 Å². The average Bonchev–Trinajstić information content (AvgIpc) is 2.38. The number of hydrogen-bond acceptors (Lipinski definition) is 3. The van der Waals surface area contributed by atoms with Gasteiger partial charge in [-0.1, -0.05) is 12.1 Å². The van der Waals surface area contributed by atoms with E-state index in [1.54, 1.807) is 12.1 Å². The minimum atomic E-state index is -0.405. The van der Waals surface area contributed by atoms with Gasteiger partial charge in [0.05, 0.1) is 11.6 Å². The monoisotopic (exact) mass is 305 g/mol. The highest BCUT2D eigenvalue weighted by Gasteiger charge is 2.03. The number of nitrogens with one attached hydrogen (secondary N) is 1. The molecular formula is C13H9BrFN3. The Hall–Kier alpha value is -1.93. The second-order valence-corrected chi connectivity index (χ2v) is 4.56. The summed E-state index contributed by atoms with van der Waals surface area (Å²) in [4.78, 5) is 3.94. The van der Waals surface area contributed by atoms with Crippen molar-refractivity contribution in [3.8, 4) is 6.07 Å². The number of aromatic nitrogens is 1. The Morgan fingerprint density at radius 1 is 1.33 bits per heavy atom. The molecule has 0 bridgehead atoms. The smallest absolute Gasteiger partial charge is 0.166 e. The molecule has 0 aliphatic rings. The Bertz CT molecular complexity index is 590. The van der Waals surface area contributed by atoms with E-state index in [4.69, 9.17) is 5.26 Å². The van der Waals surface area contributed by atoms with Crippen molar-refractivity contribution in [2.24, 2.45) is 0 Å². The predicted molar refractivity (Wildman–Crippen MR) is 70.4 cm³/mol. The van der Waals surface area contributed by atoms with Crippen molar-refractivity contribution < 1.29 is 4.39 Å². The first kappa shape index (κ1) is 12.5. The Balaban J connectivity index is 2.04. The van der Waals surface area contributed by atoms with Crippen LogP contribution in [0.5, 0.6) is 0 Å². The summed E-state index contributed by atoms with van der Waals surface area (Å²) in [5, 5.41) is 11.6. The van der Waals surface area contributed by atoms with Crippen molar-refractivity contribution in [3.05, 3.63) is 57.9 Å². The highest BCUT2D eigenvalue weighted by Crippen LogP contribution is 2.16. The van der Waals surface area contributed by atoms with Gasteiger partial charge < -0.3 is 5.32 Å². The first-order valence-electron chi connectivity index (χ1n) is 5.23. The first-order chi connectivity index (χ1) is 8.69. The number of halogens is 2. The van der Waals surface area contributed by atoms with Crippen molar-refractivity contribution in [1.29, 1.82) is 5.26 Å². The molecule has 2 rings (SSSR count). The van der Waals surface area contributed by atoms with E-state index < -0.39 is 5.82 Å². The van der Waals surface area contributed by atoms with Crippen molar-refractivity contribution in [2.45, 2.75) is 6.54 Å². The molecule has 2 aromatic rings. The standard InChI is InChI=1S/C13H9BrFN3/c14-11-5-12(15)13(18-8-11)17-7-10-3-1-9(6-16)2-4-10/h1-5,8H,7H2,(H,17,18). The van der Waals surface area contributed by atoms with E-state index in [9.17, 15) is 4.39 Å². The zero-order chi connectivity index (χ0) is 13.0. The third kappa shape index (κ3) is 3.05. The van der Waals surface area contributed by atoms with Gasteiger partial charge in [0.25, 0.3) is 0 Å². The summed E-state index contributed by atoms with van der Waals surface area (Å²) in [7, 11) is 0. The lowest BCUT2D eigenvalue weighted by atomic mass is 10.1. The topological polar surface area (TPSA) is 48.7 Å². The number of pyridine rings is 1. The van der Waals surface area contributed by atoms with E-state index in [1.165, 1.54) is 12.3 Å². The molecule has 0 aliphatic carbocycles. The molecule has 0 radical (unpaired) electrons. The number of nitrogens with zero attached hydrogens (tertiary/aromatic N) is 2. The SMILES string of the molecule is N#Cc1ccc(CNc2ncc(Br)cc2F)cc1. The van der Waals surface area contributed by atoms with E-state index in [1.807, 2.05) is 18.2 Å². The van der Waals surface area contributed by atoms with Crippen LogP contribution in [0, 0.1) is 17.1 Å². The molecule has 0 spiro atoms. The first-order valence-corrected chi connectivity index (χ1v) is 6.02. The normalized spacial score (nSPS) is 9.83. The van der Waals surface area contributed by atoms with Gasteiger partial charge in [0.2, 0.25) is 0 Å². The summed E-state index contributed by atoms with van der Waals surface area (Å²) in [6, 6.07) is 10.5. The fraction of sp³-hybridized carbons (Fsp3) is 0.0769. The molecule has 0 saturated heterocycles. The van der Waals surface area contributed by atoms with Crippen LogP contribution < -0.4 is 5.32 Å². The molecule has 1 N–H and O–H groups in total. The van der Waals surface area contributed by atoms with E-state index >= 15 is 0 Å². The lowest BCUT2D eigenvalue weighted by Gasteiger charge is -2.06. The maximum Gasteiger partial charge on any atom is 0.166 e. The van der Waals surface area contributed by atoms with Gasteiger partial charge in [0.1, 0.15) is 0 Å². The maximum absolute atomic E-state index is 13.5. The molecule has 3 nitrogen and oxygen atoms in total. The van der Waals surface area contributed by atoms with Crippen molar-refractivity contribution in [1.82, 2.24) is 4.98 Å². The van der Waals surface area contributed by atoms with E-state index in [2.05, 4.69) is 26.2 Å². The molecule has 5 heteroatoms. The van der Waals surface area contributed by atoms with Gasteiger partial charge in [-0.3, -0.25) is 0 Å². The van der Waals surface area contributed by atoms with Gasteiger partial charge in [-0.05, 0) is 39.7 Å². The van der Waals surface area contributed by atoms with Crippen molar-refractivity contribution in [2.75, 3.05) is 5.32 Å². The fourth-order valence-corrected chi connectivity index (χ4v) is 1.73. The molecule has 0 amide bonds. The summed E-state index contributed by atoms with van der Waals surface area (Å²) >= 11 is 3.15. The van der Waals surface area contributed by atoms with Gasteiger partial charge in [0.15, 0.2) is 11.6 Å². The van der Waals surface area contributed by atoms with Crippen LogP contribution in [0.25, 0.3) is 0 Å². The van der Waals surface area contributed by atoms with E-state index in [-0.39, 0.29) is 5.82 Å². The molecule has 0 unspecified atom stereocenters. The summed E-state index contributed by atoms with van der Waals surface area (Å²) in [6.45, 7) is 0.456. The average molecular weight is 306 g/mol. The Kier molecular flexibility index (Phi) is 3.90. The number of benzene rings is 1. The number of anilines is 1. The molecule has 0 aliphatic heterocycles. The quantitative estimate of drug-likeness (QED) is 0.944. The number of nitriles is 1. The molecule has 0 atom stereocenters. The molecule has 0 fully saturated rings.